The van der Waals surface area contributed by atoms with Gasteiger partial charge in [-0.1, -0.05) is 32.0 Å². The van der Waals surface area contributed by atoms with E-state index in [1.54, 1.807) is 0 Å². The predicted molar refractivity (Wildman–Crippen MR) is 96.5 cm³/mol. The summed E-state index contributed by atoms with van der Waals surface area (Å²) in [6.07, 6.45) is 3.68. The van der Waals surface area contributed by atoms with Crippen molar-refractivity contribution in [3.8, 4) is 0 Å². The standard InChI is InChI=1S/C19H31N3O/c1-4-19(5-2,15-20)18(23)22-13-11-17(12-14-22)21(3)16-9-7-6-8-10-16/h6-10,17H,4-5,11-15,20H2,1-3H3. The van der Waals surface area contributed by atoms with Gasteiger partial charge in [0.25, 0.3) is 0 Å². The third-order valence-corrected chi connectivity index (χ3v) is 5.66. The first-order valence-electron chi connectivity index (χ1n) is 8.85. The minimum Gasteiger partial charge on any atom is -0.371 e. The quantitative estimate of drug-likeness (QED) is 0.877. The summed E-state index contributed by atoms with van der Waals surface area (Å²) in [7, 11) is 2.15. The minimum atomic E-state index is -0.363. The Labute approximate surface area is 140 Å². The number of carbonyl (C=O) groups excluding carboxylic acids is 1. The SMILES string of the molecule is CCC(CC)(CN)C(=O)N1CCC(N(C)c2ccccc2)CC1. The van der Waals surface area contributed by atoms with E-state index in [4.69, 9.17) is 5.73 Å². The third kappa shape index (κ3) is 3.69. The highest BCUT2D eigenvalue weighted by atomic mass is 16.2. The zero-order valence-corrected chi connectivity index (χ0v) is 14.8. The molecule has 1 aromatic rings. The molecule has 128 valence electrons. The fourth-order valence-electron chi connectivity index (χ4n) is 3.59. The highest BCUT2D eigenvalue weighted by Gasteiger charge is 2.38. The zero-order chi connectivity index (χ0) is 16.9. The van der Waals surface area contributed by atoms with Gasteiger partial charge in [-0.15, -0.1) is 0 Å². The van der Waals surface area contributed by atoms with Crippen molar-refractivity contribution < 1.29 is 4.79 Å². The highest BCUT2D eigenvalue weighted by molar-refractivity contribution is 5.83. The number of nitrogens with two attached hydrogens (primary N) is 1. The van der Waals surface area contributed by atoms with Gasteiger partial charge >= 0.3 is 0 Å². The van der Waals surface area contributed by atoms with Crippen LogP contribution in [0.2, 0.25) is 0 Å². The lowest BCUT2D eigenvalue weighted by Gasteiger charge is -2.41. The van der Waals surface area contributed by atoms with E-state index in [0.29, 0.717) is 12.6 Å². The van der Waals surface area contributed by atoms with Crippen LogP contribution < -0.4 is 10.6 Å². The van der Waals surface area contributed by atoms with E-state index in [9.17, 15) is 4.79 Å². The highest BCUT2D eigenvalue weighted by Crippen LogP contribution is 2.30. The number of rotatable bonds is 6. The van der Waals surface area contributed by atoms with E-state index in [-0.39, 0.29) is 11.3 Å². The molecule has 1 heterocycles. The molecule has 1 fully saturated rings. The van der Waals surface area contributed by atoms with Crippen molar-refractivity contribution in [1.29, 1.82) is 0 Å². The molecule has 23 heavy (non-hydrogen) atoms. The Morgan fingerprint density at radius 3 is 2.26 bits per heavy atom. The molecule has 2 rings (SSSR count). The Morgan fingerprint density at radius 1 is 1.22 bits per heavy atom. The lowest BCUT2D eigenvalue weighted by Crippen LogP contribution is -2.52. The summed E-state index contributed by atoms with van der Waals surface area (Å²) >= 11 is 0. The van der Waals surface area contributed by atoms with Crippen LogP contribution in [0.15, 0.2) is 30.3 Å². The molecule has 0 unspecified atom stereocenters. The number of hydrogen-bond acceptors (Lipinski definition) is 3. The van der Waals surface area contributed by atoms with Crippen molar-refractivity contribution in [2.24, 2.45) is 11.1 Å². The number of piperidine rings is 1. The maximum absolute atomic E-state index is 12.9. The minimum absolute atomic E-state index is 0.255. The van der Waals surface area contributed by atoms with Crippen LogP contribution in [0.1, 0.15) is 39.5 Å². The molecular formula is C19H31N3O. The lowest BCUT2D eigenvalue weighted by atomic mass is 9.80. The molecule has 0 atom stereocenters. The first-order valence-corrected chi connectivity index (χ1v) is 8.85. The van der Waals surface area contributed by atoms with Crippen LogP contribution in [0, 0.1) is 5.41 Å². The van der Waals surface area contributed by atoms with Crippen LogP contribution in [0.4, 0.5) is 5.69 Å². The van der Waals surface area contributed by atoms with Gasteiger partial charge in [-0.25, -0.2) is 0 Å². The van der Waals surface area contributed by atoms with Crippen molar-refractivity contribution in [3.05, 3.63) is 30.3 Å². The summed E-state index contributed by atoms with van der Waals surface area (Å²) in [5.74, 6) is 0.255. The molecule has 4 nitrogen and oxygen atoms in total. The second kappa shape index (κ2) is 7.82. The number of nitrogens with zero attached hydrogens (tertiary/aromatic N) is 2. The molecule has 0 aromatic heterocycles. The topological polar surface area (TPSA) is 49.6 Å². The number of hydrogen-bond donors (Lipinski definition) is 1. The molecule has 1 amide bonds. The number of likely N-dealkylation sites (tertiary alicyclic amines) is 1. The maximum atomic E-state index is 12.9. The lowest BCUT2D eigenvalue weighted by molar-refractivity contribution is -0.143. The van der Waals surface area contributed by atoms with Crippen LogP contribution in [0.5, 0.6) is 0 Å². The van der Waals surface area contributed by atoms with E-state index in [2.05, 4.69) is 50.1 Å². The Balaban J connectivity index is 1.97. The van der Waals surface area contributed by atoms with Gasteiger partial charge in [-0.05, 0) is 37.8 Å². The summed E-state index contributed by atoms with van der Waals surface area (Å²) in [5, 5.41) is 0. The average molecular weight is 317 g/mol. The van der Waals surface area contributed by atoms with Crippen molar-refractivity contribution in [2.75, 3.05) is 31.6 Å². The summed E-state index contributed by atoms with van der Waals surface area (Å²) < 4.78 is 0. The van der Waals surface area contributed by atoms with Crippen LogP contribution in [0.3, 0.4) is 0 Å². The second-order valence-corrected chi connectivity index (χ2v) is 6.66. The Kier molecular flexibility index (Phi) is 6.05. The van der Waals surface area contributed by atoms with Gasteiger partial charge in [-0.2, -0.15) is 0 Å². The molecular weight excluding hydrogens is 286 g/mol. The van der Waals surface area contributed by atoms with Gasteiger partial charge in [0, 0.05) is 38.4 Å². The van der Waals surface area contributed by atoms with Crippen molar-refractivity contribution >= 4 is 11.6 Å². The van der Waals surface area contributed by atoms with E-state index in [0.717, 1.165) is 38.8 Å². The molecule has 4 heteroatoms. The third-order valence-electron chi connectivity index (χ3n) is 5.66. The van der Waals surface area contributed by atoms with Gasteiger partial charge in [0.05, 0.1) is 5.41 Å². The average Bonchev–Trinajstić information content (AvgIpc) is 2.64. The fourth-order valence-corrected chi connectivity index (χ4v) is 3.59. The number of anilines is 1. The molecule has 1 aromatic carbocycles. The smallest absolute Gasteiger partial charge is 0.230 e. The number of carbonyl (C=O) groups is 1. The number of amides is 1. The molecule has 0 spiro atoms. The monoisotopic (exact) mass is 317 g/mol. The molecule has 0 bridgehead atoms. The maximum Gasteiger partial charge on any atom is 0.230 e. The van der Waals surface area contributed by atoms with Crippen molar-refractivity contribution in [2.45, 2.75) is 45.6 Å². The second-order valence-electron chi connectivity index (χ2n) is 6.66. The molecule has 0 radical (unpaired) electrons. The normalized spacial score (nSPS) is 16.4. The van der Waals surface area contributed by atoms with Crippen molar-refractivity contribution in [3.63, 3.8) is 0 Å². The van der Waals surface area contributed by atoms with Crippen molar-refractivity contribution in [1.82, 2.24) is 4.90 Å². The van der Waals surface area contributed by atoms with Crippen LogP contribution in [-0.2, 0) is 4.79 Å². The summed E-state index contributed by atoms with van der Waals surface area (Å²) in [5.41, 5.74) is 6.82. The van der Waals surface area contributed by atoms with Gasteiger partial charge in [-0.3, -0.25) is 4.79 Å². The molecule has 2 N–H and O–H groups in total. The molecule has 0 saturated carbocycles. The molecule has 1 aliphatic heterocycles. The molecule has 0 aliphatic carbocycles. The van der Waals surface area contributed by atoms with E-state index in [1.807, 2.05) is 11.0 Å². The van der Waals surface area contributed by atoms with Gasteiger partial charge in [0.15, 0.2) is 0 Å². The van der Waals surface area contributed by atoms with Gasteiger partial charge < -0.3 is 15.5 Å². The van der Waals surface area contributed by atoms with Crippen LogP contribution in [0.25, 0.3) is 0 Å². The molecule has 1 saturated heterocycles. The van der Waals surface area contributed by atoms with E-state index in [1.165, 1.54) is 5.69 Å². The number of para-hydroxylation sites is 1. The van der Waals surface area contributed by atoms with Crippen LogP contribution >= 0.6 is 0 Å². The summed E-state index contributed by atoms with van der Waals surface area (Å²) in [4.78, 5) is 17.3. The van der Waals surface area contributed by atoms with Gasteiger partial charge in [0.1, 0.15) is 0 Å². The van der Waals surface area contributed by atoms with Crippen LogP contribution in [-0.4, -0.2) is 43.5 Å². The van der Waals surface area contributed by atoms with E-state index < -0.39 is 0 Å². The first kappa shape index (κ1) is 17.8. The molecule has 1 aliphatic rings. The Morgan fingerprint density at radius 2 is 1.78 bits per heavy atom. The Hall–Kier alpha value is -1.55. The first-order chi connectivity index (χ1) is 11.1. The fraction of sp³-hybridized carbons (Fsp3) is 0.632. The number of benzene rings is 1. The summed E-state index contributed by atoms with van der Waals surface area (Å²) in [6, 6.07) is 11.0. The summed E-state index contributed by atoms with van der Waals surface area (Å²) in [6.45, 7) is 6.27. The van der Waals surface area contributed by atoms with E-state index >= 15 is 0 Å². The largest absolute Gasteiger partial charge is 0.371 e. The Bertz CT molecular complexity index is 482. The van der Waals surface area contributed by atoms with Gasteiger partial charge in [0.2, 0.25) is 5.91 Å². The zero-order valence-electron chi connectivity index (χ0n) is 14.8. The predicted octanol–water partition coefficient (Wildman–Crippen LogP) is 2.88.